The van der Waals surface area contributed by atoms with E-state index in [2.05, 4.69) is 65.5 Å². The first-order chi connectivity index (χ1) is 15.1. The van der Waals surface area contributed by atoms with Crippen molar-refractivity contribution in [3.8, 4) is 5.75 Å². The molecule has 1 fully saturated rings. The summed E-state index contributed by atoms with van der Waals surface area (Å²) in [7, 11) is 6.04. The first-order valence-corrected chi connectivity index (χ1v) is 11.0. The van der Waals surface area contributed by atoms with Crippen molar-refractivity contribution in [1.82, 2.24) is 15.0 Å². The largest absolute Gasteiger partial charge is 0.497 e. The molecule has 2 aromatic carbocycles. The summed E-state index contributed by atoms with van der Waals surface area (Å²) in [6, 6.07) is 19.3. The van der Waals surface area contributed by atoms with Gasteiger partial charge in [-0.05, 0) is 69.0 Å². The molecule has 0 spiro atoms. The smallest absolute Gasteiger partial charge is 0.250 e. The van der Waals surface area contributed by atoms with E-state index in [1.54, 1.807) is 7.11 Å². The molecule has 1 aliphatic rings. The fraction of sp³-hybridized carbons (Fsp3) is 0.385. The topological polar surface area (TPSA) is 51.4 Å². The van der Waals surface area contributed by atoms with Crippen LogP contribution in [0.25, 0.3) is 6.08 Å². The van der Waals surface area contributed by atoms with Crippen molar-refractivity contribution >= 4 is 6.08 Å². The highest BCUT2D eigenvalue weighted by Crippen LogP contribution is 2.39. The fourth-order valence-electron chi connectivity index (χ4n) is 4.61. The van der Waals surface area contributed by atoms with E-state index < -0.39 is 0 Å². The van der Waals surface area contributed by atoms with Crippen molar-refractivity contribution in [2.24, 2.45) is 5.92 Å². The molecule has 0 radical (unpaired) electrons. The molecule has 1 aliphatic carbocycles. The van der Waals surface area contributed by atoms with Crippen LogP contribution in [0.2, 0.25) is 0 Å². The summed E-state index contributed by atoms with van der Waals surface area (Å²) in [5.74, 6) is 2.83. The van der Waals surface area contributed by atoms with Crippen molar-refractivity contribution in [1.29, 1.82) is 0 Å². The maximum atomic E-state index is 5.50. The highest BCUT2D eigenvalue weighted by molar-refractivity contribution is 5.44. The summed E-state index contributed by atoms with van der Waals surface area (Å²) in [6.07, 6.45) is 7.26. The van der Waals surface area contributed by atoms with Crippen LogP contribution in [-0.2, 0) is 6.42 Å². The van der Waals surface area contributed by atoms with Gasteiger partial charge >= 0.3 is 0 Å². The molecule has 0 N–H and O–H groups in total. The minimum absolute atomic E-state index is 0.460. The zero-order valence-electron chi connectivity index (χ0n) is 18.6. The molecule has 1 saturated carbocycles. The van der Waals surface area contributed by atoms with Crippen molar-refractivity contribution < 1.29 is 9.26 Å². The number of nitrogens with zero attached hydrogens (tertiary/aromatic N) is 3. The van der Waals surface area contributed by atoms with Gasteiger partial charge in [-0.1, -0.05) is 53.2 Å². The second-order valence-corrected chi connectivity index (χ2v) is 8.53. The highest BCUT2D eigenvalue weighted by Gasteiger charge is 2.28. The van der Waals surface area contributed by atoms with Crippen LogP contribution in [0.1, 0.15) is 54.6 Å². The summed E-state index contributed by atoms with van der Waals surface area (Å²) in [4.78, 5) is 6.94. The summed E-state index contributed by atoms with van der Waals surface area (Å²) in [5, 5.41) is 4.16. The number of rotatable bonds is 7. The number of ether oxygens (including phenoxy) is 1. The van der Waals surface area contributed by atoms with Crippen LogP contribution in [0.3, 0.4) is 0 Å². The highest BCUT2D eigenvalue weighted by atomic mass is 16.5. The third-order valence-corrected chi connectivity index (χ3v) is 6.15. The molecule has 3 aromatic rings. The Kier molecular flexibility index (Phi) is 6.82. The average molecular weight is 418 g/mol. The van der Waals surface area contributed by atoms with Crippen LogP contribution in [-0.4, -0.2) is 36.2 Å². The summed E-state index contributed by atoms with van der Waals surface area (Å²) in [5.41, 5.74) is 3.95. The zero-order valence-corrected chi connectivity index (χ0v) is 18.6. The second-order valence-electron chi connectivity index (χ2n) is 8.53. The average Bonchev–Trinajstić information content (AvgIpc) is 3.23. The molecule has 0 saturated heterocycles. The van der Waals surface area contributed by atoms with Crippen LogP contribution in [0.15, 0.2) is 64.7 Å². The number of hydrogen-bond acceptors (Lipinski definition) is 5. The minimum Gasteiger partial charge on any atom is -0.497 e. The SMILES string of the molecule is COc1ccc(Cc2noc(C=C3CCC(C(c4ccccc4)N(C)C)CC3)n2)cc1. The molecule has 0 bridgehead atoms. The normalized spacial score (nSPS) is 17.5. The van der Waals surface area contributed by atoms with Gasteiger partial charge in [-0.15, -0.1) is 0 Å². The molecule has 1 heterocycles. The summed E-state index contributed by atoms with van der Waals surface area (Å²) in [6.45, 7) is 0. The lowest BCUT2D eigenvalue weighted by atomic mass is 9.78. The lowest BCUT2D eigenvalue weighted by Gasteiger charge is -2.36. The quantitative estimate of drug-likeness (QED) is 0.505. The third-order valence-electron chi connectivity index (χ3n) is 6.15. The van der Waals surface area contributed by atoms with Gasteiger partial charge in [-0.3, -0.25) is 0 Å². The number of allylic oxidation sites excluding steroid dienone is 1. The van der Waals surface area contributed by atoms with Crippen molar-refractivity contribution in [3.63, 3.8) is 0 Å². The van der Waals surface area contributed by atoms with E-state index >= 15 is 0 Å². The van der Waals surface area contributed by atoms with E-state index in [-0.39, 0.29) is 0 Å². The van der Waals surface area contributed by atoms with E-state index in [9.17, 15) is 0 Å². The van der Waals surface area contributed by atoms with Gasteiger partial charge in [-0.2, -0.15) is 4.98 Å². The Balaban J connectivity index is 1.37. The molecular weight excluding hydrogens is 386 g/mol. The predicted octanol–water partition coefficient (Wildman–Crippen LogP) is 5.55. The standard InChI is InChI=1S/C26H31N3O2/c1-29(2)26(21-7-5-4-6-8-21)22-13-9-20(10-14-22)18-25-27-24(28-31-25)17-19-11-15-23(30-3)16-12-19/h4-8,11-12,15-16,18,22,26H,9-10,13-14,17H2,1-3H3. The zero-order chi connectivity index (χ0) is 21.6. The fourth-order valence-corrected chi connectivity index (χ4v) is 4.61. The molecule has 5 nitrogen and oxygen atoms in total. The van der Waals surface area contributed by atoms with Crippen molar-refractivity contribution in [2.45, 2.75) is 38.1 Å². The molecular formula is C26H31N3O2. The van der Waals surface area contributed by atoms with Gasteiger partial charge in [0, 0.05) is 18.5 Å². The molecule has 0 aliphatic heterocycles. The molecule has 1 atom stereocenters. The van der Waals surface area contributed by atoms with Gasteiger partial charge < -0.3 is 14.2 Å². The first kappa shape index (κ1) is 21.3. The van der Waals surface area contributed by atoms with Crippen LogP contribution in [0.5, 0.6) is 5.75 Å². The predicted molar refractivity (Wildman–Crippen MR) is 123 cm³/mol. The van der Waals surface area contributed by atoms with Gasteiger partial charge in [-0.25, -0.2) is 0 Å². The van der Waals surface area contributed by atoms with Gasteiger partial charge in [0.05, 0.1) is 7.11 Å². The van der Waals surface area contributed by atoms with E-state index in [1.807, 2.05) is 24.3 Å². The molecule has 0 amide bonds. The van der Waals surface area contributed by atoms with E-state index in [4.69, 9.17) is 9.26 Å². The molecule has 162 valence electrons. The Morgan fingerprint density at radius 2 is 1.77 bits per heavy atom. The Labute approximate surface area is 184 Å². The van der Waals surface area contributed by atoms with Crippen molar-refractivity contribution in [3.05, 3.63) is 83.0 Å². The Bertz CT molecular complexity index is 983. The molecule has 5 heteroatoms. The number of aromatic nitrogens is 2. The summed E-state index contributed by atoms with van der Waals surface area (Å²) >= 11 is 0. The van der Waals surface area contributed by atoms with Crippen LogP contribution >= 0.6 is 0 Å². The lowest BCUT2D eigenvalue weighted by molar-refractivity contribution is 0.184. The Morgan fingerprint density at radius 3 is 2.42 bits per heavy atom. The number of benzene rings is 2. The van der Waals surface area contributed by atoms with Crippen molar-refractivity contribution in [2.75, 3.05) is 21.2 Å². The van der Waals surface area contributed by atoms with Crippen LogP contribution in [0.4, 0.5) is 0 Å². The van der Waals surface area contributed by atoms with Crippen LogP contribution in [0, 0.1) is 5.92 Å². The van der Waals surface area contributed by atoms with E-state index in [1.165, 1.54) is 24.0 Å². The lowest BCUT2D eigenvalue weighted by Crippen LogP contribution is -2.29. The number of methoxy groups -OCH3 is 1. The maximum Gasteiger partial charge on any atom is 0.250 e. The first-order valence-electron chi connectivity index (χ1n) is 11.0. The number of hydrogen-bond donors (Lipinski definition) is 0. The minimum atomic E-state index is 0.460. The van der Waals surface area contributed by atoms with Gasteiger partial charge in [0.15, 0.2) is 5.82 Å². The molecule has 4 rings (SSSR count). The Hall–Kier alpha value is -2.92. The van der Waals surface area contributed by atoms with Gasteiger partial charge in [0.2, 0.25) is 0 Å². The summed E-state index contributed by atoms with van der Waals surface area (Å²) < 4.78 is 10.7. The van der Waals surface area contributed by atoms with E-state index in [0.717, 1.165) is 24.2 Å². The Morgan fingerprint density at radius 1 is 1.06 bits per heavy atom. The monoisotopic (exact) mass is 417 g/mol. The molecule has 31 heavy (non-hydrogen) atoms. The third kappa shape index (κ3) is 5.42. The van der Waals surface area contributed by atoms with Gasteiger partial charge in [0.1, 0.15) is 5.75 Å². The maximum absolute atomic E-state index is 5.50. The second kappa shape index (κ2) is 9.92. The molecule has 1 unspecified atom stereocenters. The van der Waals surface area contributed by atoms with E-state index in [0.29, 0.717) is 30.1 Å². The molecule has 1 aromatic heterocycles. The van der Waals surface area contributed by atoms with Gasteiger partial charge in [0.25, 0.3) is 5.89 Å². The van der Waals surface area contributed by atoms with Crippen LogP contribution < -0.4 is 4.74 Å².